The number of nitrogens with one attached hydrogen (secondary N) is 1. The summed E-state index contributed by atoms with van der Waals surface area (Å²) in [6.07, 6.45) is 5.11. The molecule has 2 heterocycles. The Morgan fingerprint density at radius 2 is 2.31 bits per heavy atom. The molecule has 0 amide bonds. The topological polar surface area (TPSA) is 44.7 Å². The van der Waals surface area contributed by atoms with Gasteiger partial charge in [0.2, 0.25) is 0 Å². The average molecular weight is 226 g/mol. The Hall–Kier alpha value is -0.160. The molecule has 3 rings (SSSR count). The number of β-amino-alcohol motifs (C(OH)–C–C–N with tert-alkyl or cyclic N) is 1. The van der Waals surface area contributed by atoms with Crippen molar-refractivity contribution in [1.82, 2.24) is 10.2 Å². The fraction of sp³-hybridized carbons (Fsp3) is 1.00. The molecule has 3 fully saturated rings. The fourth-order valence-electron chi connectivity index (χ4n) is 3.45. The van der Waals surface area contributed by atoms with Gasteiger partial charge in [-0.05, 0) is 25.7 Å². The summed E-state index contributed by atoms with van der Waals surface area (Å²) in [5.74, 6) is 0. The van der Waals surface area contributed by atoms with Crippen molar-refractivity contribution in [3.8, 4) is 0 Å². The Kier molecular flexibility index (Phi) is 3.16. The maximum absolute atomic E-state index is 9.51. The lowest BCUT2D eigenvalue weighted by molar-refractivity contribution is -0.0578. The normalized spacial score (nSPS) is 44.8. The Morgan fingerprint density at radius 1 is 1.38 bits per heavy atom. The molecule has 2 saturated heterocycles. The van der Waals surface area contributed by atoms with E-state index in [0.717, 1.165) is 32.7 Å². The minimum atomic E-state index is -0.134. The Bertz CT molecular complexity index is 249. The third-order valence-corrected chi connectivity index (χ3v) is 4.25. The molecule has 4 nitrogen and oxygen atoms in total. The molecule has 2 aliphatic heterocycles. The molecular weight excluding hydrogens is 204 g/mol. The van der Waals surface area contributed by atoms with Crippen molar-refractivity contribution in [2.75, 3.05) is 26.2 Å². The first-order chi connectivity index (χ1) is 7.83. The van der Waals surface area contributed by atoms with Gasteiger partial charge in [-0.15, -0.1) is 0 Å². The molecule has 1 aliphatic carbocycles. The van der Waals surface area contributed by atoms with Crippen LogP contribution in [0.2, 0.25) is 0 Å². The van der Waals surface area contributed by atoms with Gasteiger partial charge in [-0.25, -0.2) is 0 Å². The van der Waals surface area contributed by atoms with E-state index in [-0.39, 0.29) is 6.10 Å². The lowest BCUT2D eigenvalue weighted by atomic mass is 10.1. The fourth-order valence-corrected chi connectivity index (χ4v) is 3.45. The van der Waals surface area contributed by atoms with Gasteiger partial charge in [0, 0.05) is 31.7 Å². The number of morpholine rings is 1. The van der Waals surface area contributed by atoms with Crippen LogP contribution in [0.15, 0.2) is 0 Å². The van der Waals surface area contributed by atoms with Gasteiger partial charge in [-0.2, -0.15) is 0 Å². The number of aliphatic hydroxyl groups is 1. The molecule has 4 unspecified atom stereocenters. The number of hydrogen-bond acceptors (Lipinski definition) is 4. The van der Waals surface area contributed by atoms with E-state index in [0.29, 0.717) is 18.2 Å². The number of hydrogen-bond donors (Lipinski definition) is 2. The molecule has 16 heavy (non-hydrogen) atoms. The second-order valence-electron chi connectivity index (χ2n) is 5.40. The van der Waals surface area contributed by atoms with Crippen LogP contribution in [-0.4, -0.2) is 60.5 Å². The number of aliphatic hydroxyl groups excluding tert-OH is 1. The predicted molar refractivity (Wildman–Crippen MR) is 61.4 cm³/mol. The highest BCUT2D eigenvalue weighted by molar-refractivity contribution is 4.92. The molecule has 92 valence electrons. The highest BCUT2D eigenvalue weighted by Crippen LogP contribution is 2.30. The maximum Gasteiger partial charge on any atom is 0.0730 e. The van der Waals surface area contributed by atoms with E-state index < -0.39 is 0 Å². The molecule has 0 aromatic heterocycles. The second kappa shape index (κ2) is 4.61. The third kappa shape index (κ3) is 2.12. The van der Waals surface area contributed by atoms with Crippen molar-refractivity contribution < 1.29 is 9.84 Å². The van der Waals surface area contributed by atoms with Gasteiger partial charge >= 0.3 is 0 Å². The molecule has 0 aromatic rings. The van der Waals surface area contributed by atoms with Crippen LogP contribution in [-0.2, 0) is 4.74 Å². The van der Waals surface area contributed by atoms with Crippen LogP contribution in [0.3, 0.4) is 0 Å². The Balaban J connectivity index is 1.57. The monoisotopic (exact) mass is 226 g/mol. The Morgan fingerprint density at radius 3 is 3.12 bits per heavy atom. The summed E-state index contributed by atoms with van der Waals surface area (Å²) in [6.45, 7) is 3.80. The summed E-state index contributed by atoms with van der Waals surface area (Å²) in [7, 11) is 0. The van der Waals surface area contributed by atoms with E-state index in [4.69, 9.17) is 4.74 Å². The first-order valence-electron chi connectivity index (χ1n) is 6.60. The van der Waals surface area contributed by atoms with Gasteiger partial charge in [0.05, 0.1) is 18.8 Å². The van der Waals surface area contributed by atoms with Crippen LogP contribution >= 0.6 is 0 Å². The van der Waals surface area contributed by atoms with Crippen molar-refractivity contribution in [3.63, 3.8) is 0 Å². The highest BCUT2D eigenvalue weighted by Gasteiger charge is 2.37. The zero-order valence-corrected chi connectivity index (χ0v) is 9.77. The zero-order valence-electron chi connectivity index (χ0n) is 9.77. The second-order valence-corrected chi connectivity index (χ2v) is 5.40. The van der Waals surface area contributed by atoms with Crippen LogP contribution in [0.4, 0.5) is 0 Å². The first kappa shape index (κ1) is 11.0. The van der Waals surface area contributed by atoms with Crippen LogP contribution in [0.1, 0.15) is 25.7 Å². The SMILES string of the molecule is OC1CNC(CN2CCOC3CCCC32)C1. The lowest BCUT2D eigenvalue weighted by Gasteiger charge is -2.39. The third-order valence-electron chi connectivity index (χ3n) is 4.25. The number of rotatable bonds is 2. The summed E-state index contributed by atoms with van der Waals surface area (Å²) < 4.78 is 5.81. The van der Waals surface area contributed by atoms with Gasteiger partial charge in [0.15, 0.2) is 0 Å². The first-order valence-corrected chi connectivity index (χ1v) is 6.60. The van der Waals surface area contributed by atoms with E-state index in [9.17, 15) is 5.11 Å². The summed E-state index contributed by atoms with van der Waals surface area (Å²) >= 11 is 0. The summed E-state index contributed by atoms with van der Waals surface area (Å²) in [5, 5.41) is 12.9. The molecule has 0 bridgehead atoms. The van der Waals surface area contributed by atoms with Gasteiger partial charge in [0.1, 0.15) is 0 Å². The van der Waals surface area contributed by atoms with Crippen molar-refractivity contribution in [1.29, 1.82) is 0 Å². The molecule has 0 radical (unpaired) electrons. The van der Waals surface area contributed by atoms with Crippen molar-refractivity contribution in [2.45, 2.75) is 50.0 Å². The van der Waals surface area contributed by atoms with Crippen LogP contribution < -0.4 is 5.32 Å². The molecule has 0 spiro atoms. The summed E-state index contributed by atoms with van der Waals surface area (Å²) in [6, 6.07) is 1.13. The number of ether oxygens (including phenoxy) is 1. The highest BCUT2D eigenvalue weighted by atomic mass is 16.5. The minimum Gasteiger partial charge on any atom is -0.392 e. The predicted octanol–water partition coefficient (Wildman–Crippen LogP) is -0.0375. The van der Waals surface area contributed by atoms with Crippen molar-refractivity contribution >= 4 is 0 Å². The van der Waals surface area contributed by atoms with E-state index in [1.807, 2.05) is 0 Å². The van der Waals surface area contributed by atoms with Gasteiger partial charge in [0.25, 0.3) is 0 Å². The van der Waals surface area contributed by atoms with Crippen molar-refractivity contribution in [2.24, 2.45) is 0 Å². The van der Waals surface area contributed by atoms with Gasteiger partial charge in [-0.1, -0.05) is 0 Å². The van der Waals surface area contributed by atoms with E-state index in [1.54, 1.807) is 0 Å². The summed E-state index contributed by atoms with van der Waals surface area (Å²) in [4.78, 5) is 2.58. The van der Waals surface area contributed by atoms with E-state index in [1.165, 1.54) is 19.3 Å². The van der Waals surface area contributed by atoms with Crippen LogP contribution in [0.25, 0.3) is 0 Å². The quantitative estimate of drug-likeness (QED) is 0.693. The molecular formula is C12H22N2O2. The standard InChI is InChI=1S/C12H22N2O2/c15-10-6-9(13-7-10)8-14-4-5-16-12-3-1-2-11(12)14/h9-13,15H,1-8H2. The van der Waals surface area contributed by atoms with E-state index >= 15 is 0 Å². The van der Waals surface area contributed by atoms with Crippen molar-refractivity contribution in [3.05, 3.63) is 0 Å². The average Bonchev–Trinajstić information content (AvgIpc) is 2.87. The largest absolute Gasteiger partial charge is 0.392 e. The summed E-state index contributed by atoms with van der Waals surface area (Å²) in [5.41, 5.74) is 0. The maximum atomic E-state index is 9.51. The molecule has 4 atom stereocenters. The Labute approximate surface area is 97.0 Å². The molecule has 0 aromatic carbocycles. The molecule has 4 heteroatoms. The van der Waals surface area contributed by atoms with Gasteiger partial charge < -0.3 is 15.2 Å². The number of nitrogens with zero attached hydrogens (tertiary/aromatic N) is 1. The molecule has 1 saturated carbocycles. The van der Waals surface area contributed by atoms with E-state index in [2.05, 4.69) is 10.2 Å². The van der Waals surface area contributed by atoms with Crippen LogP contribution in [0.5, 0.6) is 0 Å². The lowest BCUT2D eigenvalue weighted by Crippen LogP contribution is -2.52. The number of fused-ring (bicyclic) bond motifs is 1. The zero-order chi connectivity index (χ0) is 11.0. The van der Waals surface area contributed by atoms with Crippen LogP contribution in [0, 0.1) is 0 Å². The molecule has 3 aliphatic rings. The smallest absolute Gasteiger partial charge is 0.0730 e. The minimum absolute atomic E-state index is 0.134. The van der Waals surface area contributed by atoms with Gasteiger partial charge in [-0.3, -0.25) is 4.90 Å². The molecule has 2 N–H and O–H groups in total.